The molecule has 96 valence electrons. The van der Waals surface area contributed by atoms with E-state index in [1.165, 1.54) is 18.2 Å². The van der Waals surface area contributed by atoms with E-state index in [-0.39, 0.29) is 18.2 Å². The van der Waals surface area contributed by atoms with Gasteiger partial charge in [0.2, 0.25) is 0 Å². The number of hydrogen-bond acceptors (Lipinski definition) is 1. The molecule has 2 aromatic carbocycles. The molecular formula is C15H11F2NO. The van der Waals surface area contributed by atoms with Gasteiger partial charge in [0.05, 0.1) is 0 Å². The van der Waals surface area contributed by atoms with Crippen LogP contribution in [0.4, 0.5) is 8.78 Å². The quantitative estimate of drug-likeness (QED) is 0.754. The Morgan fingerprint density at radius 1 is 1.05 bits per heavy atom. The molecule has 1 N–H and O–H groups in total. The van der Waals surface area contributed by atoms with E-state index in [1.54, 1.807) is 30.5 Å². The molecule has 0 aliphatic carbocycles. The highest BCUT2D eigenvalue weighted by Gasteiger charge is 2.07. The van der Waals surface area contributed by atoms with Crippen LogP contribution >= 0.6 is 0 Å². The first kappa shape index (κ1) is 11.7. The lowest BCUT2D eigenvalue weighted by atomic mass is 10.2. The molecule has 0 fully saturated rings. The molecular weight excluding hydrogens is 248 g/mol. The Bertz CT molecular complexity index is 721. The van der Waals surface area contributed by atoms with Crippen LogP contribution in [0, 0.1) is 11.6 Å². The third-order valence-electron chi connectivity index (χ3n) is 2.95. The first-order chi connectivity index (χ1) is 9.24. The molecule has 0 aliphatic heterocycles. The van der Waals surface area contributed by atoms with Gasteiger partial charge in [0.25, 0.3) is 0 Å². The molecule has 0 bridgehead atoms. The summed E-state index contributed by atoms with van der Waals surface area (Å²) in [6.45, 7) is 0.185. The number of nitrogens with one attached hydrogen (secondary N) is 1. The SMILES string of the molecule is Fc1ccc2[nH]cc(COc3ccccc3F)c2c1. The number of aromatic nitrogens is 1. The molecule has 1 heterocycles. The Morgan fingerprint density at radius 3 is 2.74 bits per heavy atom. The van der Waals surface area contributed by atoms with Gasteiger partial charge in [0.1, 0.15) is 12.4 Å². The van der Waals surface area contributed by atoms with Crippen LogP contribution in [0.1, 0.15) is 5.56 Å². The molecule has 19 heavy (non-hydrogen) atoms. The van der Waals surface area contributed by atoms with Crippen LogP contribution in [0.5, 0.6) is 5.75 Å². The van der Waals surface area contributed by atoms with Gasteiger partial charge in [0, 0.05) is 22.7 Å². The van der Waals surface area contributed by atoms with E-state index >= 15 is 0 Å². The highest BCUT2D eigenvalue weighted by molar-refractivity contribution is 5.83. The number of H-pyrrole nitrogens is 1. The van der Waals surface area contributed by atoms with E-state index in [9.17, 15) is 8.78 Å². The summed E-state index contributed by atoms with van der Waals surface area (Å²) in [6.07, 6.45) is 1.74. The third-order valence-corrected chi connectivity index (χ3v) is 2.95. The van der Waals surface area contributed by atoms with Crippen molar-refractivity contribution < 1.29 is 13.5 Å². The third kappa shape index (κ3) is 2.29. The highest BCUT2D eigenvalue weighted by Crippen LogP contribution is 2.22. The summed E-state index contributed by atoms with van der Waals surface area (Å²) in [4.78, 5) is 3.03. The fraction of sp³-hybridized carbons (Fsp3) is 0.0667. The van der Waals surface area contributed by atoms with Crippen molar-refractivity contribution in [2.45, 2.75) is 6.61 Å². The smallest absolute Gasteiger partial charge is 0.165 e. The van der Waals surface area contributed by atoms with Gasteiger partial charge in [0.15, 0.2) is 11.6 Å². The van der Waals surface area contributed by atoms with E-state index in [0.29, 0.717) is 0 Å². The van der Waals surface area contributed by atoms with Crippen LogP contribution in [-0.4, -0.2) is 4.98 Å². The fourth-order valence-electron chi connectivity index (χ4n) is 1.99. The first-order valence-corrected chi connectivity index (χ1v) is 5.87. The summed E-state index contributed by atoms with van der Waals surface area (Å²) in [7, 11) is 0. The first-order valence-electron chi connectivity index (χ1n) is 5.87. The van der Waals surface area contributed by atoms with E-state index in [1.807, 2.05) is 0 Å². The second-order valence-corrected chi connectivity index (χ2v) is 4.22. The Balaban J connectivity index is 1.86. The second-order valence-electron chi connectivity index (χ2n) is 4.22. The molecule has 0 radical (unpaired) electrons. The van der Waals surface area contributed by atoms with Gasteiger partial charge in [-0.1, -0.05) is 12.1 Å². The van der Waals surface area contributed by atoms with Gasteiger partial charge < -0.3 is 9.72 Å². The van der Waals surface area contributed by atoms with Gasteiger partial charge >= 0.3 is 0 Å². The zero-order valence-corrected chi connectivity index (χ0v) is 9.99. The maximum Gasteiger partial charge on any atom is 0.165 e. The Kier molecular flexibility index (Phi) is 2.91. The van der Waals surface area contributed by atoms with E-state index < -0.39 is 5.82 Å². The zero-order valence-electron chi connectivity index (χ0n) is 9.99. The van der Waals surface area contributed by atoms with Crippen molar-refractivity contribution in [1.29, 1.82) is 0 Å². The number of rotatable bonds is 3. The number of para-hydroxylation sites is 1. The molecule has 0 saturated heterocycles. The summed E-state index contributed by atoms with van der Waals surface area (Å²) >= 11 is 0. The zero-order chi connectivity index (χ0) is 13.2. The van der Waals surface area contributed by atoms with Gasteiger partial charge in [-0.05, 0) is 30.3 Å². The molecule has 0 saturated carbocycles. The molecule has 3 rings (SSSR count). The van der Waals surface area contributed by atoms with Crippen LogP contribution in [0.25, 0.3) is 10.9 Å². The van der Waals surface area contributed by atoms with Crippen molar-refractivity contribution in [3.05, 3.63) is 65.9 Å². The number of ether oxygens (including phenoxy) is 1. The Morgan fingerprint density at radius 2 is 1.89 bits per heavy atom. The van der Waals surface area contributed by atoms with Crippen LogP contribution in [0.3, 0.4) is 0 Å². The lowest BCUT2D eigenvalue weighted by Crippen LogP contribution is -1.96. The van der Waals surface area contributed by atoms with Crippen LogP contribution in [-0.2, 0) is 6.61 Å². The van der Waals surface area contributed by atoms with Crippen LogP contribution < -0.4 is 4.74 Å². The molecule has 4 heteroatoms. The topological polar surface area (TPSA) is 25.0 Å². The number of hydrogen-bond donors (Lipinski definition) is 1. The van der Waals surface area contributed by atoms with E-state index in [4.69, 9.17) is 4.74 Å². The molecule has 0 spiro atoms. The van der Waals surface area contributed by atoms with Crippen molar-refractivity contribution in [3.63, 3.8) is 0 Å². The molecule has 0 unspecified atom stereocenters. The minimum Gasteiger partial charge on any atom is -0.486 e. The van der Waals surface area contributed by atoms with Crippen molar-refractivity contribution in [1.82, 2.24) is 4.98 Å². The normalized spacial score (nSPS) is 10.8. The van der Waals surface area contributed by atoms with E-state index in [0.717, 1.165) is 16.5 Å². The van der Waals surface area contributed by atoms with Crippen molar-refractivity contribution in [2.24, 2.45) is 0 Å². The van der Waals surface area contributed by atoms with Crippen LogP contribution in [0.2, 0.25) is 0 Å². The standard InChI is InChI=1S/C15H11F2NO/c16-11-5-6-14-12(7-11)10(8-18-14)9-19-15-4-2-1-3-13(15)17/h1-8,18H,9H2. The molecule has 0 atom stereocenters. The van der Waals surface area contributed by atoms with Gasteiger partial charge in [-0.25, -0.2) is 8.78 Å². The number of benzene rings is 2. The lowest BCUT2D eigenvalue weighted by Gasteiger charge is -2.06. The highest BCUT2D eigenvalue weighted by atomic mass is 19.1. The van der Waals surface area contributed by atoms with Crippen molar-refractivity contribution >= 4 is 10.9 Å². The number of halogens is 2. The largest absolute Gasteiger partial charge is 0.486 e. The molecule has 2 nitrogen and oxygen atoms in total. The average Bonchev–Trinajstić information content (AvgIpc) is 2.80. The lowest BCUT2D eigenvalue weighted by molar-refractivity contribution is 0.291. The van der Waals surface area contributed by atoms with Gasteiger partial charge in [-0.3, -0.25) is 0 Å². The molecule has 1 aromatic heterocycles. The fourth-order valence-corrected chi connectivity index (χ4v) is 1.99. The number of aromatic amines is 1. The minimum absolute atomic E-state index is 0.185. The maximum absolute atomic E-state index is 13.4. The monoisotopic (exact) mass is 259 g/mol. The summed E-state index contributed by atoms with van der Waals surface area (Å²) < 4.78 is 32.0. The summed E-state index contributed by atoms with van der Waals surface area (Å²) in [6, 6.07) is 10.7. The van der Waals surface area contributed by atoms with Gasteiger partial charge in [-0.15, -0.1) is 0 Å². The predicted molar refractivity (Wildman–Crippen MR) is 69.0 cm³/mol. The maximum atomic E-state index is 13.4. The Hall–Kier alpha value is -2.36. The number of fused-ring (bicyclic) bond motifs is 1. The van der Waals surface area contributed by atoms with Gasteiger partial charge in [-0.2, -0.15) is 0 Å². The predicted octanol–water partition coefficient (Wildman–Crippen LogP) is 4.03. The summed E-state index contributed by atoms with van der Waals surface area (Å²) in [5.74, 6) is -0.527. The van der Waals surface area contributed by atoms with E-state index in [2.05, 4.69) is 4.98 Å². The summed E-state index contributed by atoms with van der Waals surface area (Å²) in [5.41, 5.74) is 1.62. The van der Waals surface area contributed by atoms with Crippen molar-refractivity contribution in [2.75, 3.05) is 0 Å². The Labute approximate surface area is 108 Å². The minimum atomic E-state index is -0.409. The van der Waals surface area contributed by atoms with Crippen molar-refractivity contribution in [3.8, 4) is 5.75 Å². The second kappa shape index (κ2) is 4.72. The average molecular weight is 259 g/mol. The summed E-state index contributed by atoms with van der Waals surface area (Å²) in [5, 5.41) is 0.747. The molecule has 3 aromatic rings. The molecule has 0 aliphatic rings. The van der Waals surface area contributed by atoms with Crippen LogP contribution in [0.15, 0.2) is 48.7 Å². The molecule has 0 amide bonds.